The molecule has 7 fully saturated rings. The highest BCUT2D eigenvalue weighted by Gasteiger charge is 2.57. The van der Waals surface area contributed by atoms with E-state index < -0.39 is 0 Å². The second kappa shape index (κ2) is 13.7. The third-order valence-corrected chi connectivity index (χ3v) is 14.1. The zero-order valence-electron chi connectivity index (χ0n) is 28.2. The molecule has 0 spiro atoms. The minimum atomic E-state index is -0.338. The van der Waals surface area contributed by atoms with Gasteiger partial charge in [0.25, 0.3) is 0 Å². The number of esters is 4. The van der Waals surface area contributed by atoms with Gasteiger partial charge in [-0.05, 0) is 155 Å². The second-order valence-corrected chi connectivity index (χ2v) is 16.7. The molecule has 7 aliphatic carbocycles. The van der Waals surface area contributed by atoms with E-state index in [1.807, 2.05) is 0 Å². The van der Waals surface area contributed by atoms with Crippen LogP contribution in [0.1, 0.15) is 84.0 Å². The molecule has 11 unspecified atom stereocenters. The van der Waals surface area contributed by atoms with Crippen molar-refractivity contribution in [3.63, 3.8) is 0 Å². The number of carbonyl (C=O) groups is 4. The predicted octanol–water partition coefficient (Wildman–Crippen LogP) is 6.32. The molecule has 8 heteroatoms. The maximum atomic E-state index is 13.1. The summed E-state index contributed by atoms with van der Waals surface area (Å²) in [5, 5.41) is 0. The largest absolute Gasteiger partial charge is 0.465 e. The Morgan fingerprint density at radius 3 is 1.51 bits per heavy atom. The van der Waals surface area contributed by atoms with Crippen molar-refractivity contribution in [2.45, 2.75) is 84.0 Å². The lowest BCUT2D eigenvalue weighted by Crippen LogP contribution is -2.32. The van der Waals surface area contributed by atoms with Crippen molar-refractivity contribution in [1.82, 2.24) is 0 Å². The van der Waals surface area contributed by atoms with Crippen LogP contribution in [0.3, 0.4) is 0 Å². The quantitative estimate of drug-likeness (QED) is 0.137. The molecule has 4 bridgehead atoms. The van der Waals surface area contributed by atoms with Crippen LogP contribution in [-0.2, 0) is 38.1 Å². The standard InChI is InChI=1S/C39H54O8/c1-4-36(40)44-17-22-9-30-27-14-29(33(16-27)34(30)11-22)20-47-39(43)25-7-5-24(6-8-25)38(42)45-18-23-10-31-26-13-28(19-46-37(41)21(2)3)32(15-26)35(31)12-23/h4,22-35H,1-2,5-20H2,3H3/t22?,23?,24?,25?,26?,27?,28?,29?,30?,31-,32?,33?,34?,35?/m1/s1. The molecule has 12 atom stereocenters. The van der Waals surface area contributed by atoms with Gasteiger partial charge in [-0.2, -0.15) is 0 Å². The first kappa shape index (κ1) is 32.9. The molecule has 0 aliphatic heterocycles. The SMILES string of the molecule is C=CC(=O)OCC1CC2C3CC(COC(=O)C4CCC(C(=O)OCC5CC6C7CC(CC7COC(=O)C(=C)C)[C@H]6C5)CC4)C(C3)C2C1. The molecule has 258 valence electrons. The van der Waals surface area contributed by atoms with Gasteiger partial charge in [-0.25, -0.2) is 9.59 Å². The van der Waals surface area contributed by atoms with Crippen molar-refractivity contribution >= 4 is 23.9 Å². The highest BCUT2D eigenvalue weighted by Crippen LogP contribution is 2.63. The molecule has 47 heavy (non-hydrogen) atoms. The van der Waals surface area contributed by atoms with Crippen molar-refractivity contribution in [3.05, 3.63) is 24.8 Å². The zero-order chi connectivity index (χ0) is 32.8. The van der Waals surface area contributed by atoms with E-state index in [0.29, 0.717) is 117 Å². The van der Waals surface area contributed by atoms with Gasteiger partial charge in [0.1, 0.15) is 0 Å². The summed E-state index contributed by atoms with van der Waals surface area (Å²) in [6, 6.07) is 0. The lowest BCUT2D eigenvalue weighted by molar-refractivity contribution is -0.157. The summed E-state index contributed by atoms with van der Waals surface area (Å²) < 4.78 is 22.7. The van der Waals surface area contributed by atoms with Gasteiger partial charge in [-0.3, -0.25) is 9.59 Å². The van der Waals surface area contributed by atoms with E-state index in [9.17, 15) is 19.2 Å². The minimum Gasteiger partial charge on any atom is -0.465 e. The summed E-state index contributed by atoms with van der Waals surface area (Å²) in [5.74, 6) is 6.18. The van der Waals surface area contributed by atoms with Crippen LogP contribution in [-0.4, -0.2) is 50.3 Å². The minimum absolute atomic E-state index is 0.0865. The smallest absolute Gasteiger partial charge is 0.333 e. The van der Waals surface area contributed by atoms with E-state index in [1.165, 1.54) is 18.9 Å². The molecular formula is C39H54O8. The van der Waals surface area contributed by atoms with Crippen LogP contribution in [0.25, 0.3) is 0 Å². The number of hydrogen-bond donors (Lipinski definition) is 0. The lowest BCUT2D eigenvalue weighted by Gasteiger charge is -2.32. The van der Waals surface area contributed by atoms with Gasteiger partial charge in [-0.1, -0.05) is 13.2 Å². The third-order valence-electron chi connectivity index (χ3n) is 14.1. The average molecular weight is 651 g/mol. The Kier molecular flexibility index (Phi) is 9.59. The van der Waals surface area contributed by atoms with Gasteiger partial charge in [0.15, 0.2) is 0 Å². The first-order valence-electron chi connectivity index (χ1n) is 18.6. The van der Waals surface area contributed by atoms with E-state index in [-0.39, 0.29) is 35.7 Å². The Bertz CT molecular complexity index is 1250. The molecule has 0 saturated heterocycles. The van der Waals surface area contributed by atoms with E-state index in [1.54, 1.807) is 6.92 Å². The van der Waals surface area contributed by atoms with Crippen molar-refractivity contribution in [2.75, 3.05) is 26.4 Å². The number of carbonyl (C=O) groups excluding carboxylic acids is 4. The summed E-state index contributed by atoms with van der Waals surface area (Å²) in [5.41, 5.74) is 0.456. The van der Waals surface area contributed by atoms with Crippen molar-refractivity contribution < 1.29 is 38.1 Å². The Morgan fingerprint density at radius 1 is 0.574 bits per heavy atom. The van der Waals surface area contributed by atoms with E-state index in [0.717, 1.165) is 50.4 Å². The van der Waals surface area contributed by atoms with Crippen molar-refractivity contribution in [1.29, 1.82) is 0 Å². The normalized spacial score (nSPS) is 42.4. The molecule has 7 aliphatic rings. The molecule has 7 rings (SSSR count). The fraction of sp³-hybridized carbons (Fsp3) is 0.795. The van der Waals surface area contributed by atoms with Gasteiger partial charge in [-0.15, -0.1) is 0 Å². The average Bonchev–Trinajstić information content (AvgIpc) is 3.91. The first-order chi connectivity index (χ1) is 22.7. The van der Waals surface area contributed by atoms with E-state index in [2.05, 4.69) is 13.2 Å². The zero-order valence-corrected chi connectivity index (χ0v) is 28.2. The molecule has 0 amide bonds. The Morgan fingerprint density at radius 2 is 1.02 bits per heavy atom. The first-order valence-corrected chi connectivity index (χ1v) is 18.6. The van der Waals surface area contributed by atoms with Crippen LogP contribution < -0.4 is 0 Å². The predicted molar refractivity (Wildman–Crippen MR) is 173 cm³/mol. The molecule has 7 saturated carbocycles. The van der Waals surface area contributed by atoms with Gasteiger partial charge in [0.05, 0.1) is 38.3 Å². The molecule has 0 aromatic carbocycles. The summed E-state index contributed by atoms with van der Waals surface area (Å²) in [6.07, 6.45) is 13.3. The third kappa shape index (κ3) is 6.68. The summed E-state index contributed by atoms with van der Waals surface area (Å²) in [7, 11) is 0. The van der Waals surface area contributed by atoms with Gasteiger partial charge in [0.2, 0.25) is 0 Å². The van der Waals surface area contributed by atoms with Crippen LogP contribution in [0.15, 0.2) is 24.8 Å². The maximum Gasteiger partial charge on any atom is 0.333 e. The highest BCUT2D eigenvalue weighted by molar-refractivity contribution is 5.86. The van der Waals surface area contributed by atoms with Crippen LogP contribution in [0, 0.1) is 82.9 Å². The number of hydrogen-bond acceptors (Lipinski definition) is 8. The summed E-state index contributed by atoms with van der Waals surface area (Å²) in [6.45, 7) is 10.9. The van der Waals surface area contributed by atoms with Crippen LogP contribution >= 0.6 is 0 Å². The topological polar surface area (TPSA) is 105 Å². The number of fused-ring (bicyclic) bond motifs is 10. The fourth-order valence-corrected chi connectivity index (χ4v) is 12.1. The Hall–Kier alpha value is -2.64. The number of ether oxygens (including phenoxy) is 4. The van der Waals surface area contributed by atoms with Gasteiger partial charge < -0.3 is 18.9 Å². The highest BCUT2D eigenvalue weighted by atomic mass is 16.5. The molecule has 8 nitrogen and oxygen atoms in total. The number of rotatable bonds is 12. The maximum absolute atomic E-state index is 13.1. The Labute approximate surface area is 279 Å². The molecular weight excluding hydrogens is 596 g/mol. The lowest BCUT2D eigenvalue weighted by atomic mass is 9.76. The monoisotopic (exact) mass is 650 g/mol. The second-order valence-electron chi connectivity index (χ2n) is 16.7. The van der Waals surface area contributed by atoms with Crippen molar-refractivity contribution in [2.24, 2.45) is 82.9 Å². The van der Waals surface area contributed by atoms with Gasteiger partial charge >= 0.3 is 23.9 Å². The molecule has 0 aromatic rings. The van der Waals surface area contributed by atoms with E-state index in [4.69, 9.17) is 18.9 Å². The van der Waals surface area contributed by atoms with Crippen LogP contribution in [0.5, 0.6) is 0 Å². The van der Waals surface area contributed by atoms with Crippen LogP contribution in [0.2, 0.25) is 0 Å². The molecule has 0 N–H and O–H groups in total. The van der Waals surface area contributed by atoms with Crippen molar-refractivity contribution in [3.8, 4) is 0 Å². The molecule has 0 aromatic heterocycles. The van der Waals surface area contributed by atoms with Crippen LogP contribution in [0.4, 0.5) is 0 Å². The molecule has 0 heterocycles. The molecule has 0 radical (unpaired) electrons. The summed E-state index contributed by atoms with van der Waals surface area (Å²) in [4.78, 5) is 49.5. The van der Waals surface area contributed by atoms with Gasteiger partial charge in [0, 0.05) is 11.6 Å². The summed E-state index contributed by atoms with van der Waals surface area (Å²) >= 11 is 0. The fourth-order valence-electron chi connectivity index (χ4n) is 12.1. The Balaban J connectivity index is 0.787. The van der Waals surface area contributed by atoms with E-state index >= 15 is 0 Å².